The van der Waals surface area contributed by atoms with Crippen molar-refractivity contribution in [2.24, 2.45) is 5.41 Å². The van der Waals surface area contributed by atoms with Crippen LogP contribution in [0.2, 0.25) is 0 Å². The highest BCUT2D eigenvalue weighted by atomic mass is 79.9. The fraction of sp³-hybridized carbons (Fsp3) is 0.273. The minimum Gasteiger partial charge on any atom is -1.00 e. The number of fused-ring (bicyclic) bond motifs is 1. The van der Waals surface area contributed by atoms with E-state index in [0.29, 0.717) is 11.1 Å². The van der Waals surface area contributed by atoms with Crippen LogP contribution in [-0.2, 0) is 12.8 Å². The third-order valence-corrected chi connectivity index (χ3v) is 12.7. The van der Waals surface area contributed by atoms with E-state index in [1.807, 2.05) is 0 Å². The third-order valence-electron chi connectivity index (χ3n) is 7.93. The van der Waals surface area contributed by atoms with E-state index >= 15 is 0 Å². The van der Waals surface area contributed by atoms with Gasteiger partial charge in [-0.05, 0) is 91.1 Å². The van der Waals surface area contributed by atoms with E-state index in [0.717, 1.165) is 0 Å². The highest BCUT2D eigenvalue weighted by molar-refractivity contribution is 7.95. The summed E-state index contributed by atoms with van der Waals surface area (Å²) in [5, 5.41) is 4.36. The quantitative estimate of drug-likeness (QED) is 0.254. The van der Waals surface area contributed by atoms with E-state index in [1.165, 1.54) is 47.2 Å². The Labute approximate surface area is 222 Å². The number of halogens is 1. The minimum absolute atomic E-state index is 0. The lowest BCUT2D eigenvalue weighted by atomic mass is 9.85. The van der Waals surface area contributed by atoms with E-state index in [9.17, 15) is 0 Å². The molecule has 0 bridgehead atoms. The van der Waals surface area contributed by atoms with Gasteiger partial charge >= 0.3 is 0 Å². The van der Waals surface area contributed by atoms with Crippen LogP contribution in [-0.4, -0.2) is 0 Å². The van der Waals surface area contributed by atoms with Crippen molar-refractivity contribution in [2.45, 2.75) is 52.1 Å². The van der Waals surface area contributed by atoms with E-state index in [-0.39, 0.29) is 17.0 Å². The molecule has 180 valence electrons. The summed E-state index contributed by atoms with van der Waals surface area (Å²) >= 11 is 0. The van der Waals surface area contributed by atoms with Crippen molar-refractivity contribution in [3.63, 3.8) is 0 Å². The van der Waals surface area contributed by atoms with E-state index < -0.39 is 7.26 Å². The van der Waals surface area contributed by atoms with Crippen molar-refractivity contribution in [3.05, 3.63) is 126 Å². The molecular formula is C33H36BrP. The van der Waals surface area contributed by atoms with Crippen LogP contribution in [0.5, 0.6) is 0 Å². The van der Waals surface area contributed by atoms with Gasteiger partial charge in [-0.25, -0.2) is 0 Å². The van der Waals surface area contributed by atoms with Gasteiger partial charge in [0, 0.05) is 0 Å². The molecule has 2 heteroatoms. The van der Waals surface area contributed by atoms with Gasteiger partial charge in [0.15, 0.2) is 0 Å². The minimum atomic E-state index is -1.94. The lowest BCUT2D eigenvalue weighted by molar-refractivity contribution is -0.00000723. The zero-order chi connectivity index (χ0) is 23.6. The number of rotatable bonds is 5. The van der Waals surface area contributed by atoms with Crippen molar-refractivity contribution >= 4 is 23.2 Å². The highest BCUT2D eigenvalue weighted by Gasteiger charge is 2.50. The van der Waals surface area contributed by atoms with Crippen molar-refractivity contribution < 1.29 is 17.0 Å². The van der Waals surface area contributed by atoms with Gasteiger partial charge < -0.3 is 17.0 Å². The highest BCUT2D eigenvalue weighted by Crippen LogP contribution is 2.66. The monoisotopic (exact) mass is 542 g/mol. The molecule has 0 radical (unpaired) electrons. The maximum Gasteiger partial charge on any atom is 0.119 e. The molecule has 35 heavy (non-hydrogen) atoms. The first kappa shape index (κ1) is 25.9. The Morgan fingerprint density at radius 3 is 1.49 bits per heavy atom. The summed E-state index contributed by atoms with van der Waals surface area (Å²) in [6, 6.07) is 41.3. The summed E-state index contributed by atoms with van der Waals surface area (Å²) in [4.78, 5) is 0. The van der Waals surface area contributed by atoms with Gasteiger partial charge in [-0.3, -0.25) is 0 Å². The first-order chi connectivity index (χ1) is 16.5. The second-order valence-electron chi connectivity index (χ2n) is 10.6. The lowest BCUT2D eigenvalue weighted by Crippen LogP contribution is -3.00. The first-order valence-electron chi connectivity index (χ1n) is 12.7. The van der Waals surface area contributed by atoms with Crippen LogP contribution in [0.3, 0.4) is 0 Å². The summed E-state index contributed by atoms with van der Waals surface area (Å²) < 4.78 is 0. The maximum absolute atomic E-state index is 2.56. The molecule has 0 nitrogen and oxygen atoms in total. The van der Waals surface area contributed by atoms with Crippen molar-refractivity contribution in [2.75, 3.05) is 0 Å². The van der Waals surface area contributed by atoms with Crippen LogP contribution in [0.4, 0.5) is 0 Å². The van der Waals surface area contributed by atoms with Crippen molar-refractivity contribution in [3.8, 4) is 0 Å². The molecule has 4 aromatic rings. The van der Waals surface area contributed by atoms with Gasteiger partial charge in [0.05, 0.1) is 0 Å². The van der Waals surface area contributed by atoms with Gasteiger partial charge in [-0.2, -0.15) is 0 Å². The second kappa shape index (κ2) is 10.8. The van der Waals surface area contributed by atoms with Crippen molar-refractivity contribution in [1.29, 1.82) is 0 Å². The van der Waals surface area contributed by atoms with Crippen LogP contribution in [0.15, 0.2) is 109 Å². The molecule has 0 aliphatic heterocycles. The first-order valence-corrected chi connectivity index (χ1v) is 14.5. The molecule has 0 N–H and O–H groups in total. The molecule has 5 rings (SSSR count). The predicted molar refractivity (Wildman–Crippen MR) is 150 cm³/mol. The molecule has 0 saturated heterocycles. The average Bonchev–Trinajstić information content (AvgIpc) is 3.04. The van der Waals surface area contributed by atoms with Gasteiger partial charge in [-0.1, -0.05) is 86.6 Å². The van der Waals surface area contributed by atoms with E-state index in [2.05, 4.69) is 130 Å². The molecule has 0 fully saturated rings. The molecule has 1 atom stereocenters. The Bertz CT molecular complexity index is 1140. The van der Waals surface area contributed by atoms with Crippen molar-refractivity contribution in [1.82, 2.24) is 0 Å². The van der Waals surface area contributed by atoms with E-state index in [1.54, 1.807) is 11.1 Å². The second-order valence-corrected chi connectivity index (χ2v) is 14.4. The Kier molecular flexibility index (Phi) is 7.99. The molecule has 4 aromatic carbocycles. The summed E-state index contributed by atoms with van der Waals surface area (Å²) in [5.41, 5.74) is 5.41. The predicted octanol–water partition coefficient (Wildman–Crippen LogP) is 4.65. The Morgan fingerprint density at radius 1 is 0.600 bits per heavy atom. The molecule has 1 aliphatic rings. The third kappa shape index (κ3) is 5.04. The number of hydrogen-bond donors (Lipinski definition) is 0. The van der Waals surface area contributed by atoms with Crippen LogP contribution in [0, 0.1) is 5.41 Å². The Balaban J connectivity index is 0.00000289. The fourth-order valence-electron chi connectivity index (χ4n) is 5.78. The van der Waals surface area contributed by atoms with E-state index in [4.69, 9.17) is 0 Å². The molecular weight excluding hydrogens is 507 g/mol. The van der Waals surface area contributed by atoms with Crippen LogP contribution in [0.25, 0.3) is 0 Å². The molecule has 0 spiro atoms. The van der Waals surface area contributed by atoms with Gasteiger partial charge in [0.1, 0.15) is 28.8 Å². The smallest absolute Gasteiger partial charge is 0.119 e. The van der Waals surface area contributed by atoms with Crippen LogP contribution in [0.1, 0.15) is 56.0 Å². The average molecular weight is 544 g/mol. The molecule has 0 saturated carbocycles. The standard InChI is InChI=1S/C33H36P.BrH/c1-26(28-20-19-27-21-23-33(2,3)24-22-29(27)25-28)34(30-13-7-4-8-14-30,31-15-9-5-10-16-31)32-17-11-6-12-18-32;/h4-20,25-26H,21-24H2,1-3H3;1H/q+1;/p-1. The Morgan fingerprint density at radius 2 is 1.03 bits per heavy atom. The number of aryl methyl sites for hydroxylation is 2. The maximum atomic E-state index is 2.56. The summed E-state index contributed by atoms with van der Waals surface area (Å²) in [5.74, 6) is 0. The van der Waals surface area contributed by atoms with Crippen LogP contribution >= 0.6 is 7.26 Å². The number of benzene rings is 4. The van der Waals surface area contributed by atoms with Gasteiger partial charge in [0.2, 0.25) is 0 Å². The zero-order valence-corrected chi connectivity index (χ0v) is 23.6. The largest absolute Gasteiger partial charge is 1.00 e. The lowest BCUT2D eigenvalue weighted by Gasteiger charge is -2.33. The molecule has 1 aliphatic carbocycles. The Hall–Kier alpha value is -2.21. The van der Waals surface area contributed by atoms with Gasteiger partial charge in [-0.15, -0.1) is 0 Å². The molecule has 0 aromatic heterocycles. The molecule has 0 heterocycles. The molecule has 1 unspecified atom stereocenters. The van der Waals surface area contributed by atoms with Crippen LogP contribution < -0.4 is 32.9 Å². The summed E-state index contributed by atoms with van der Waals surface area (Å²) in [6.07, 6.45) is 4.95. The summed E-state index contributed by atoms with van der Waals surface area (Å²) in [6.45, 7) is 7.33. The fourth-order valence-corrected chi connectivity index (χ4v) is 10.6. The van der Waals surface area contributed by atoms with Gasteiger partial charge in [0.25, 0.3) is 0 Å². The number of hydrogen-bond acceptors (Lipinski definition) is 0. The zero-order valence-electron chi connectivity index (χ0n) is 21.1. The summed E-state index contributed by atoms with van der Waals surface area (Å²) in [7, 11) is -1.94. The SMILES string of the molecule is CC(c1ccc2c(c1)CCC(C)(C)CC2)[P+](c1ccccc1)(c1ccccc1)c1ccccc1.[Br-]. The normalized spacial score (nSPS) is 15.9. The molecule has 0 amide bonds. The topological polar surface area (TPSA) is 0 Å².